The molecule has 1 saturated heterocycles. The van der Waals surface area contributed by atoms with Gasteiger partial charge in [-0.3, -0.25) is 9.69 Å². The molecule has 1 aliphatic heterocycles. The normalized spacial score (nSPS) is 17.4. The standard InChI is InChI=1S/C16H23NO2/c1-3-6-15(17-11-4-5-12-17)16(18)13-7-9-14(19-2)10-8-13/h7-10,15H,3-6,11-12H2,1-2H3/t15-/m0/s1. The highest BCUT2D eigenvalue weighted by Crippen LogP contribution is 2.20. The zero-order valence-corrected chi connectivity index (χ0v) is 11.9. The van der Waals surface area contributed by atoms with Crippen molar-refractivity contribution in [3.63, 3.8) is 0 Å². The van der Waals surface area contributed by atoms with Gasteiger partial charge in [-0.25, -0.2) is 0 Å². The summed E-state index contributed by atoms with van der Waals surface area (Å²) in [6, 6.07) is 7.53. The van der Waals surface area contributed by atoms with Gasteiger partial charge < -0.3 is 4.74 Å². The van der Waals surface area contributed by atoms with Crippen LogP contribution in [-0.2, 0) is 0 Å². The number of methoxy groups -OCH3 is 1. The zero-order valence-electron chi connectivity index (χ0n) is 11.9. The van der Waals surface area contributed by atoms with E-state index in [1.54, 1.807) is 7.11 Å². The van der Waals surface area contributed by atoms with Gasteiger partial charge >= 0.3 is 0 Å². The molecule has 0 bridgehead atoms. The van der Waals surface area contributed by atoms with E-state index in [-0.39, 0.29) is 11.8 Å². The van der Waals surface area contributed by atoms with E-state index >= 15 is 0 Å². The molecule has 104 valence electrons. The van der Waals surface area contributed by atoms with Gasteiger partial charge in [0, 0.05) is 5.56 Å². The molecule has 1 aliphatic rings. The first-order chi connectivity index (χ1) is 9.26. The lowest BCUT2D eigenvalue weighted by Gasteiger charge is -2.26. The third kappa shape index (κ3) is 3.35. The summed E-state index contributed by atoms with van der Waals surface area (Å²) in [6.45, 7) is 4.27. The predicted octanol–water partition coefficient (Wildman–Crippen LogP) is 3.14. The maximum atomic E-state index is 12.6. The largest absolute Gasteiger partial charge is 0.497 e. The van der Waals surface area contributed by atoms with Crippen molar-refractivity contribution in [1.82, 2.24) is 4.90 Å². The fourth-order valence-corrected chi connectivity index (χ4v) is 2.75. The van der Waals surface area contributed by atoms with Crippen molar-refractivity contribution in [1.29, 1.82) is 0 Å². The van der Waals surface area contributed by atoms with E-state index in [0.717, 1.165) is 37.2 Å². The van der Waals surface area contributed by atoms with Crippen molar-refractivity contribution >= 4 is 5.78 Å². The Hall–Kier alpha value is -1.35. The minimum atomic E-state index is 0.0564. The molecule has 0 amide bonds. The van der Waals surface area contributed by atoms with Gasteiger partial charge in [-0.1, -0.05) is 13.3 Å². The molecule has 3 nitrogen and oxygen atoms in total. The molecule has 0 saturated carbocycles. The van der Waals surface area contributed by atoms with Crippen LogP contribution in [0.1, 0.15) is 43.0 Å². The molecule has 19 heavy (non-hydrogen) atoms. The lowest BCUT2D eigenvalue weighted by molar-refractivity contribution is 0.0837. The molecule has 3 heteroatoms. The first kappa shape index (κ1) is 14.1. The molecule has 1 atom stereocenters. The SMILES string of the molecule is CCC[C@@H](C(=O)c1ccc(OC)cc1)N1CCCC1. The Morgan fingerprint density at radius 1 is 1.26 bits per heavy atom. The van der Waals surface area contributed by atoms with E-state index < -0.39 is 0 Å². The van der Waals surface area contributed by atoms with Crippen molar-refractivity contribution in [2.45, 2.75) is 38.6 Å². The van der Waals surface area contributed by atoms with Crippen LogP contribution in [0, 0.1) is 0 Å². The number of hydrogen-bond donors (Lipinski definition) is 0. The second kappa shape index (κ2) is 6.71. The molecular formula is C16H23NO2. The number of carbonyl (C=O) groups is 1. The summed E-state index contributed by atoms with van der Waals surface area (Å²) in [4.78, 5) is 15.0. The fraction of sp³-hybridized carbons (Fsp3) is 0.562. The van der Waals surface area contributed by atoms with Gasteiger partial charge in [0.05, 0.1) is 13.2 Å². The number of carbonyl (C=O) groups excluding carboxylic acids is 1. The van der Waals surface area contributed by atoms with E-state index in [9.17, 15) is 4.79 Å². The van der Waals surface area contributed by atoms with Crippen molar-refractivity contribution in [3.05, 3.63) is 29.8 Å². The Balaban J connectivity index is 2.12. The Kier molecular flexibility index (Phi) is 4.97. The molecule has 0 unspecified atom stereocenters. The number of nitrogens with zero attached hydrogens (tertiary/aromatic N) is 1. The molecule has 1 aromatic rings. The number of likely N-dealkylation sites (tertiary alicyclic amines) is 1. The topological polar surface area (TPSA) is 29.5 Å². The number of ether oxygens (including phenoxy) is 1. The maximum Gasteiger partial charge on any atom is 0.179 e. The summed E-state index contributed by atoms with van der Waals surface area (Å²) in [5.74, 6) is 1.05. The van der Waals surface area contributed by atoms with Crippen molar-refractivity contribution in [3.8, 4) is 5.75 Å². The second-order valence-corrected chi connectivity index (χ2v) is 5.14. The molecule has 0 N–H and O–H groups in total. The Labute approximate surface area is 115 Å². The highest BCUT2D eigenvalue weighted by molar-refractivity contribution is 6.00. The van der Waals surface area contributed by atoms with Crippen LogP contribution in [0.25, 0.3) is 0 Å². The van der Waals surface area contributed by atoms with Crippen LogP contribution in [0.15, 0.2) is 24.3 Å². The minimum Gasteiger partial charge on any atom is -0.497 e. The quantitative estimate of drug-likeness (QED) is 0.737. The van der Waals surface area contributed by atoms with Crippen molar-refractivity contribution in [2.75, 3.05) is 20.2 Å². The van der Waals surface area contributed by atoms with Gasteiger partial charge in [-0.05, 0) is 56.6 Å². The van der Waals surface area contributed by atoms with Crippen LogP contribution in [0.3, 0.4) is 0 Å². The van der Waals surface area contributed by atoms with Crippen molar-refractivity contribution in [2.24, 2.45) is 0 Å². The highest BCUT2D eigenvalue weighted by atomic mass is 16.5. The van der Waals surface area contributed by atoms with Crippen LogP contribution >= 0.6 is 0 Å². The van der Waals surface area contributed by atoms with Gasteiger partial charge in [0.15, 0.2) is 5.78 Å². The fourth-order valence-electron chi connectivity index (χ4n) is 2.75. The van der Waals surface area contributed by atoms with Crippen LogP contribution in [0.5, 0.6) is 5.75 Å². The van der Waals surface area contributed by atoms with Crippen LogP contribution in [0.4, 0.5) is 0 Å². The number of rotatable bonds is 6. The van der Waals surface area contributed by atoms with E-state index in [1.165, 1.54) is 12.8 Å². The predicted molar refractivity (Wildman–Crippen MR) is 76.8 cm³/mol. The van der Waals surface area contributed by atoms with Crippen molar-refractivity contribution < 1.29 is 9.53 Å². The van der Waals surface area contributed by atoms with Gasteiger partial charge in [0.25, 0.3) is 0 Å². The Morgan fingerprint density at radius 2 is 1.89 bits per heavy atom. The molecular weight excluding hydrogens is 238 g/mol. The van der Waals surface area contributed by atoms with E-state index in [2.05, 4.69) is 11.8 Å². The molecule has 0 radical (unpaired) electrons. The van der Waals surface area contributed by atoms with Gasteiger partial charge in [-0.15, -0.1) is 0 Å². The van der Waals surface area contributed by atoms with E-state index in [1.807, 2.05) is 24.3 Å². The zero-order chi connectivity index (χ0) is 13.7. The number of Topliss-reactive ketones (excluding diaryl/α,β-unsaturated/α-hetero) is 1. The van der Waals surface area contributed by atoms with Gasteiger partial charge in [0.2, 0.25) is 0 Å². The molecule has 1 fully saturated rings. The molecule has 0 spiro atoms. The maximum absolute atomic E-state index is 12.6. The number of ketones is 1. The summed E-state index contributed by atoms with van der Waals surface area (Å²) in [5.41, 5.74) is 0.797. The molecule has 1 heterocycles. The second-order valence-electron chi connectivity index (χ2n) is 5.14. The third-order valence-electron chi connectivity index (χ3n) is 3.82. The molecule has 0 aliphatic carbocycles. The smallest absolute Gasteiger partial charge is 0.179 e. The summed E-state index contributed by atoms with van der Waals surface area (Å²) < 4.78 is 5.13. The molecule has 1 aromatic carbocycles. The lowest BCUT2D eigenvalue weighted by Crippen LogP contribution is -2.39. The summed E-state index contributed by atoms with van der Waals surface area (Å²) in [5, 5.41) is 0. The Morgan fingerprint density at radius 3 is 2.42 bits per heavy atom. The number of hydrogen-bond acceptors (Lipinski definition) is 3. The lowest BCUT2D eigenvalue weighted by atomic mass is 9.99. The summed E-state index contributed by atoms with van der Waals surface area (Å²) in [6.07, 6.45) is 4.43. The molecule has 0 aromatic heterocycles. The van der Waals surface area contributed by atoms with Gasteiger partial charge in [-0.2, -0.15) is 0 Å². The summed E-state index contributed by atoms with van der Waals surface area (Å²) >= 11 is 0. The van der Waals surface area contributed by atoms with E-state index in [4.69, 9.17) is 4.74 Å². The Bertz CT molecular complexity index is 407. The molecule has 2 rings (SSSR count). The average Bonchev–Trinajstić information content (AvgIpc) is 2.98. The van der Waals surface area contributed by atoms with Crippen LogP contribution in [0.2, 0.25) is 0 Å². The number of benzene rings is 1. The monoisotopic (exact) mass is 261 g/mol. The van der Waals surface area contributed by atoms with E-state index in [0.29, 0.717) is 0 Å². The van der Waals surface area contributed by atoms with Crippen LogP contribution in [-0.4, -0.2) is 36.9 Å². The third-order valence-corrected chi connectivity index (χ3v) is 3.82. The first-order valence-electron chi connectivity index (χ1n) is 7.18. The highest BCUT2D eigenvalue weighted by Gasteiger charge is 2.27. The average molecular weight is 261 g/mol. The van der Waals surface area contributed by atoms with Gasteiger partial charge in [0.1, 0.15) is 5.75 Å². The summed E-state index contributed by atoms with van der Waals surface area (Å²) in [7, 11) is 1.64. The van der Waals surface area contributed by atoms with Crippen LogP contribution < -0.4 is 4.74 Å². The first-order valence-corrected chi connectivity index (χ1v) is 7.18. The minimum absolute atomic E-state index is 0.0564.